The molecule has 1 atom stereocenters. The number of hydrogen-bond acceptors (Lipinski definition) is 8. The Morgan fingerprint density at radius 1 is 1.12 bits per heavy atom. The maximum Gasteiger partial charge on any atom is 0.266 e. The van der Waals surface area contributed by atoms with Gasteiger partial charge in [-0.2, -0.15) is 15.3 Å². The quantitative estimate of drug-likeness (QED) is 0.370. The molecule has 0 spiro atoms. The van der Waals surface area contributed by atoms with Crippen LogP contribution in [-0.4, -0.2) is 29.7 Å². The van der Waals surface area contributed by atoms with Crippen molar-refractivity contribution in [2.45, 2.75) is 13.0 Å². The number of nitriles is 1. The van der Waals surface area contributed by atoms with Crippen molar-refractivity contribution in [3.05, 3.63) is 88.7 Å². The molecule has 0 aliphatic carbocycles. The van der Waals surface area contributed by atoms with Crippen molar-refractivity contribution >= 4 is 22.7 Å². The molecule has 0 amide bonds. The summed E-state index contributed by atoms with van der Waals surface area (Å²) in [4.78, 5) is 26.8. The first kappa shape index (κ1) is 20.8. The second kappa shape index (κ2) is 8.48. The fourth-order valence-corrected chi connectivity index (χ4v) is 3.85. The number of aromatic amines is 1. The lowest BCUT2D eigenvalue weighted by atomic mass is 10.1. The number of para-hydroxylation sites is 1. The summed E-state index contributed by atoms with van der Waals surface area (Å²) >= 11 is 0. The Bertz CT molecular complexity index is 1590. The standard InChI is InChI=1S/C24H19N9O/c1-14(29-21-15(12-25)13-27-24(26)31-21)22-30-19-9-5-8-17(18-10-11-28-32-18)20(19)23(34)33(22)16-6-3-2-4-7-16/h2-11,13-14H,1H3,(H,28,32)(H3,26,27,29,31)/t14-/m1/s1. The van der Waals surface area contributed by atoms with E-state index in [4.69, 9.17) is 10.7 Å². The average molecular weight is 449 g/mol. The van der Waals surface area contributed by atoms with Crippen molar-refractivity contribution in [1.29, 1.82) is 5.26 Å². The lowest BCUT2D eigenvalue weighted by Crippen LogP contribution is -2.28. The van der Waals surface area contributed by atoms with Gasteiger partial charge in [0.05, 0.1) is 34.5 Å². The van der Waals surface area contributed by atoms with E-state index >= 15 is 0 Å². The predicted molar refractivity (Wildman–Crippen MR) is 128 cm³/mol. The molecule has 10 heteroatoms. The fourth-order valence-electron chi connectivity index (χ4n) is 3.85. The number of nitrogens with two attached hydrogens (primary N) is 1. The largest absolute Gasteiger partial charge is 0.368 e. The number of hydrogen-bond donors (Lipinski definition) is 3. The molecule has 2 aromatic carbocycles. The molecule has 166 valence electrons. The van der Waals surface area contributed by atoms with Crippen LogP contribution in [0, 0.1) is 11.3 Å². The lowest BCUT2D eigenvalue weighted by molar-refractivity contribution is 0.730. The van der Waals surface area contributed by atoms with E-state index in [0.717, 1.165) is 5.69 Å². The van der Waals surface area contributed by atoms with Gasteiger partial charge in [0.1, 0.15) is 23.3 Å². The second-order valence-corrected chi connectivity index (χ2v) is 7.58. The number of nitrogens with one attached hydrogen (secondary N) is 2. The maximum absolute atomic E-state index is 14.0. The van der Waals surface area contributed by atoms with Gasteiger partial charge in [-0.15, -0.1) is 0 Å². The summed E-state index contributed by atoms with van der Waals surface area (Å²) in [5.74, 6) is 0.749. The molecule has 5 rings (SSSR count). The Morgan fingerprint density at radius 2 is 1.94 bits per heavy atom. The highest BCUT2D eigenvalue weighted by Crippen LogP contribution is 2.27. The van der Waals surface area contributed by atoms with Crippen molar-refractivity contribution in [2.75, 3.05) is 11.1 Å². The van der Waals surface area contributed by atoms with Crippen LogP contribution in [0.3, 0.4) is 0 Å². The van der Waals surface area contributed by atoms with Crippen molar-refractivity contribution in [3.63, 3.8) is 0 Å². The maximum atomic E-state index is 14.0. The number of H-pyrrole nitrogens is 1. The van der Waals surface area contributed by atoms with E-state index in [1.165, 1.54) is 6.20 Å². The van der Waals surface area contributed by atoms with E-state index < -0.39 is 6.04 Å². The lowest BCUT2D eigenvalue weighted by Gasteiger charge is -2.21. The molecule has 34 heavy (non-hydrogen) atoms. The van der Waals surface area contributed by atoms with Crippen LogP contribution in [0.1, 0.15) is 24.4 Å². The Labute approximate surface area is 193 Å². The molecule has 0 saturated carbocycles. The Balaban J connectivity index is 1.74. The van der Waals surface area contributed by atoms with E-state index in [0.29, 0.717) is 28.0 Å². The third-order valence-electron chi connectivity index (χ3n) is 5.40. The first-order valence-electron chi connectivity index (χ1n) is 10.5. The summed E-state index contributed by atoms with van der Waals surface area (Å²) in [5, 5.41) is 20.0. The van der Waals surface area contributed by atoms with Gasteiger partial charge in [-0.05, 0) is 31.2 Å². The number of fused-ring (bicyclic) bond motifs is 1. The fraction of sp³-hybridized carbons (Fsp3) is 0.0833. The SMILES string of the molecule is C[C@@H](Nc1nc(N)ncc1C#N)c1nc2cccc(-c3ccn[nH]3)c2c(=O)n1-c1ccccc1. The van der Waals surface area contributed by atoms with E-state index in [1.54, 1.807) is 16.8 Å². The van der Waals surface area contributed by atoms with E-state index in [1.807, 2.05) is 61.5 Å². The summed E-state index contributed by atoms with van der Waals surface area (Å²) in [7, 11) is 0. The molecular weight excluding hydrogens is 430 g/mol. The van der Waals surface area contributed by atoms with Gasteiger partial charge in [-0.1, -0.05) is 30.3 Å². The predicted octanol–water partition coefficient (Wildman–Crippen LogP) is 3.19. The summed E-state index contributed by atoms with van der Waals surface area (Å²) in [5.41, 5.74) is 8.36. The molecule has 0 bridgehead atoms. The number of rotatable bonds is 5. The highest BCUT2D eigenvalue weighted by molar-refractivity contribution is 5.93. The van der Waals surface area contributed by atoms with Crippen LogP contribution in [0.2, 0.25) is 0 Å². The van der Waals surface area contributed by atoms with Gasteiger partial charge in [0.15, 0.2) is 0 Å². The van der Waals surface area contributed by atoms with E-state index in [-0.39, 0.29) is 22.9 Å². The van der Waals surface area contributed by atoms with E-state index in [2.05, 4.69) is 25.5 Å². The normalized spacial score (nSPS) is 11.8. The minimum Gasteiger partial charge on any atom is -0.368 e. The van der Waals surface area contributed by atoms with Gasteiger partial charge in [0.2, 0.25) is 5.95 Å². The van der Waals surface area contributed by atoms with Gasteiger partial charge in [-0.3, -0.25) is 14.5 Å². The van der Waals surface area contributed by atoms with Crippen LogP contribution in [0.25, 0.3) is 27.8 Å². The first-order chi connectivity index (χ1) is 16.6. The van der Waals surface area contributed by atoms with Crippen LogP contribution in [0.15, 0.2) is 71.8 Å². The van der Waals surface area contributed by atoms with E-state index in [9.17, 15) is 10.1 Å². The summed E-state index contributed by atoms with van der Waals surface area (Å²) < 4.78 is 1.57. The minimum atomic E-state index is -0.505. The van der Waals surface area contributed by atoms with Crippen molar-refractivity contribution in [3.8, 4) is 23.0 Å². The molecule has 0 aliphatic rings. The minimum absolute atomic E-state index is 0.0322. The van der Waals surface area contributed by atoms with Crippen LogP contribution in [-0.2, 0) is 0 Å². The molecule has 4 N–H and O–H groups in total. The Morgan fingerprint density at radius 3 is 2.68 bits per heavy atom. The van der Waals surface area contributed by atoms with Crippen molar-refractivity contribution < 1.29 is 0 Å². The molecule has 10 nitrogen and oxygen atoms in total. The van der Waals surface area contributed by atoms with Crippen molar-refractivity contribution in [1.82, 2.24) is 29.7 Å². The monoisotopic (exact) mass is 449 g/mol. The van der Waals surface area contributed by atoms with Gasteiger partial charge >= 0.3 is 0 Å². The molecule has 0 aliphatic heterocycles. The highest BCUT2D eigenvalue weighted by Gasteiger charge is 2.21. The number of nitrogens with zero attached hydrogens (tertiary/aromatic N) is 6. The van der Waals surface area contributed by atoms with Crippen molar-refractivity contribution in [2.24, 2.45) is 0 Å². The second-order valence-electron chi connectivity index (χ2n) is 7.58. The number of benzene rings is 2. The number of nitrogen functional groups attached to an aromatic ring is 1. The van der Waals surface area contributed by atoms with Gasteiger partial charge in [0.25, 0.3) is 5.56 Å². The molecule has 0 fully saturated rings. The zero-order valence-corrected chi connectivity index (χ0v) is 18.1. The van der Waals surface area contributed by atoms with Crippen LogP contribution in [0.5, 0.6) is 0 Å². The molecule has 0 unspecified atom stereocenters. The van der Waals surface area contributed by atoms with Gasteiger partial charge in [-0.25, -0.2) is 9.97 Å². The third-order valence-corrected chi connectivity index (χ3v) is 5.40. The molecular formula is C24H19N9O. The summed E-state index contributed by atoms with van der Waals surface area (Å²) in [6, 6.07) is 18.1. The molecule has 5 aromatic rings. The Kier molecular flexibility index (Phi) is 5.20. The third kappa shape index (κ3) is 3.61. The highest BCUT2D eigenvalue weighted by atomic mass is 16.1. The van der Waals surface area contributed by atoms with Gasteiger partial charge in [0, 0.05) is 11.8 Å². The topological polar surface area (TPSA) is 151 Å². The molecule has 3 heterocycles. The Hall–Kier alpha value is -5.04. The molecule has 3 aromatic heterocycles. The van der Waals surface area contributed by atoms with Crippen LogP contribution >= 0.6 is 0 Å². The van der Waals surface area contributed by atoms with Gasteiger partial charge < -0.3 is 11.1 Å². The number of aromatic nitrogens is 6. The average Bonchev–Trinajstić information content (AvgIpc) is 3.39. The van der Waals surface area contributed by atoms with Crippen LogP contribution < -0.4 is 16.6 Å². The smallest absolute Gasteiger partial charge is 0.266 e. The van der Waals surface area contributed by atoms with Crippen LogP contribution in [0.4, 0.5) is 11.8 Å². The zero-order chi connectivity index (χ0) is 23.7. The number of anilines is 2. The summed E-state index contributed by atoms with van der Waals surface area (Å²) in [6.07, 6.45) is 2.99. The molecule has 0 radical (unpaired) electrons. The summed E-state index contributed by atoms with van der Waals surface area (Å²) in [6.45, 7) is 1.84. The molecule has 0 saturated heterocycles. The first-order valence-corrected chi connectivity index (χ1v) is 10.5. The zero-order valence-electron chi connectivity index (χ0n) is 18.1.